The minimum atomic E-state index is -3.81. The summed E-state index contributed by atoms with van der Waals surface area (Å²) in [6, 6.07) is 8.23. The summed E-state index contributed by atoms with van der Waals surface area (Å²) < 4.78 is 55.3. The van der Waals surface area contributed by atoms with Crippen molar-refractivity contribution in [2.75, 3.05) is 19.6 Å². The summed E-state index contributed by atoms with van der Waals surface area (Å²) >= 11 is 11.9. The van der Waals surface area contributed by atoms with Crippen LogP contribution in [0.15, 0.2) is 47.6 Å². The van der Waals surface area contributed by atoms with E-state index in [4.69, 9.17) is 23.2 Å². The fraction of sp³-hybridized carbons (Fsp3) is 0.250. The molecule has 1 fully saturated rings. The molecule has 0 bridgehead atoms. The van der Waals surface area contributed by atoms with E-state index >= 15 is 0 Å². The number of imidazole rings is 1. The van der Waals surface area contributed by atoms with Gasteiger partial charge in [0.1, 0.15) is 17.5 Å². The molecule has 168 valence electrons. The number of nitrogens with one attached hydrogen (secondary N) is 3. The summed E-state index contributed by atoms with van der Waals surface area (Å²) in [4.78, 5) is 7.07. The molecule has 2 aromatic carbocycles. The standard InChI is InChI=1S/C20H18Cl2F2N4O2S.Sn/c21-14-5-12(1-3-16(14)23)19(13-2-4-17(24)15(22)6-13)20-26-10-18(28-20)31(29,30)27-9-11-7-25-8-11;/h1-6,10-11,19,25,27H,7-9H2,(H,26,28);. The van der Waals surface area contributed by atoms with Crippen molar-refractivity contribution >= 4 is 57.1 Å². The van der Waals surface area contributed by atoms with Crippen molar-refractivity contribution in [1.82, 2.24) is 20.0 Å². The monoisotopic (exact) mass is 606 g/mol. The number of hydrogen-bond donors (Lipinski definition) is 3. The number of aromatic nitrogens is 2. The van der Waals surface area contributed by atoms with Crippen molar-refractivity contribution in [3.8, 4) is 0 Å². The maximum atomic E-state index is 13.7. The Bertz CT molecular complexity index is 1170. The van der Waals surface area contributed by atoms with Crippen molar-refractivity contribution in [1.29, 1.82) is 0 Å². The second-order valence-corrected chi connectivity index (χ2v) is 9.84. The summed E-state index contributed by atoms with van der Waals surface area (Å²) in [5.41, 5.74) is 1.06. The number of benzene rings is 2. The van der Waals surface area contributed by atoms with Gasteiger partial charge in [0, 0.05) is 43.5 Å². The molecule has 32 heavy (non-hydrogen) atoms. The second kappa shape index (κ2) is 10.4. The van der Waals surface area contributed by atoms with E-state index in [0.29, 0.717) is 17.7 Å². The molecule has 6 nitrogen and oxygen atoms in total. The van der Waals surface area contributed by atoms with E-state index in [1.807, 2.05) is 0 Å². The maximum Gasteiger partial charge on any atom is 0.257 e. The van der Waals surface area contributed by atoms with Crippen LogP contribution >= 0.6 is 23.2 Å². The van der Waals surface area contributed by atoms with Gasteiger partial charge in [-0.05, 0) is 41.3 Å². The summed E-state index contributed by atoms with van der Waals surface area (Å²) in [6.07, 6.45) is 1.21. The minimum absolute atomic E-state index is 0. The molecule has 0 amide bonds. The molecule has 4 rings (SSSR count). The first-order valence-corrected chi connectivity index (χ1v) is 11.6. The van der Waals surface area contributed by atoms with Crippen LogP contribution in [0.2, 0.25) is 10.0 Å². The van der Waals surface area contributed by atoms with Crippen molar-refractivity contribution in [2.24, 2.45) is 5.92 Å². The van der Waals surface area contributed by atoms with Gasteiger partial charge < -0.3 is 10.3 Å². The van der Waals surface area contributed by atoms with Crippen LogP contribution < -0.4 is 10.0 Å². The van der Waals surface area contributed by atoms with Crippen molar-refractivity contribution in [2.45, 2.75) is 10.9 Å². The molecule has 3 aromatic rings. The molecule has 0 aliphatic carbocycles. The van der Waals surface area contributed by atoms with Crippen molar-refractivity contribution in [3.05, 3.63) is 81.2 Å². The molecule has 1 aromatic heterocycles. The molecular formula is C20H18Cl2F2N4O2SSn. The van der Waals surface area contributed by atoms with Crippen LogP contribution in [0.3, 0.4) is 0 Å². The number of H-pyrrole nitrogens is 1. The first-order chi connectivity index (χ1) is 14.7. The topological polar surface area (TPSA) is 86.9 Å². The Morgan fingerprint density at radius 1 is 1.06 bits per heavy atom. The fourth-order valence-corrected chi connectivity index (χ4v) is 4.71. The van der Waals surface area contributed by atoms with Crippen LogP contribution in [0.5, 0.6) is 0 Å². The Hall–Kier alpha value is -1.24. The predicted octanol–water partition coefficient (Wildman–Crippen LogP) is 3.29. The zero-order valence-electron chi connectivity index (χ0n) is 16.5. The second-order valence-electron chi connectivity index (χ2n) is 7.29. The van der Waals surface area contributed by atoms with E-state index in [2.05, 4.69) is 20.0 Å². The molecule has 0 atom stereocenters. The first kappa shape index (κ1) is 25.4. The van der Waals surface area contributed by atoms with Gasteiger partial charge in [-0.3, -0.25) is 0 Å². The van der Waals surface area contributed by atoms with Crippen LogP contribution in [-0.4, -0.2) is 61.9 Å². The molecule has 2 heterocycles. The molecule has 4 radical (unpaired) electrons. The largest absolute Gasteiger partial charge is 0.331 e. The third-order valence-electron chi connectivity index (χ3n) is 5.12. The summed E-state index contributed by atoms with van der Waals surface area (Å²) in [6.45, 7) is 1.83. The smallest absolute Gasteiger partial charge is 0.257 e. The van der Waals surface area contributed by atoms with Crippen molar-refractivity contribution in [3.63, 3.8) is 0 Å². The molecule has 1 aliphatic heterocycles. The molecule has 3 N–H and O–H groups in total. The molecule has 1 saturated heterocycles. The van der Waals surface area contributed by atoms with E-state index in [-0.39, 0.29) is 50.7 Å². The van der Waals surface area contributed by atoms with Crippen LogP contribution in [0.25, 0.3) is 0 Å². The number of aromatic amines is 1. The van der Waals surface area contributed by atoms with Gasteiger partial charge in [-0.15, -0.1) is 0 Å². The van der Waals surface area contributed by atoms with Gasteiger partial charge in [-0.1, -0.05) is 35.3 Å². The third kappa shape index (κ3) is 5.45. The normalized spacial score (nSPS) is 14.3. The van der Waals surface area contributed by atoms with E-state index in [1.54, 1.807) is 0 Å². The Kier molecular flexibility index (Phi) is 8.21. The summed E-state index contributed by atoms with van der Waals surface area (Å²) in [5.74, 6) is -1.38. The molecule has 12 heteroatoms. The van der Waals surface area contributed by atoms with Gasteiger partial charge in [0.2, 0.25) is 0 Å². The van der Waals surface area contributed by atoms with Gasteiger partial charge in [-0.2, -0.15) is 0 Å². The number of nitrogens with zero attached hydrogens (tertiary/aromatic N) is 1. The summed E-state index contributed by atoms with van der Waals surface area (Å²) in [7, 11) is -3.81. The zero-order valence-corrected chi connectivity index (χ0v) is 21.7. The maximum absolute atomic E-state index is 13.7. The quantitative estimate of drug-likeness (QED) is 0.361. The predicted molar refractivity (Wildman–Crippen MR) is 120 cm³/mol. The van der Waals surface area contributed by atoms with Crippen LogP contribution in [0, 0.1) is 17.6 Å². The molecule has 0 saturated carbocycles. The van der Waals surface area contributed by atoms with Gasteiger partial charge in [0.05, 0.1) is 22.2 Å². The Morgan fingerprint density at radius 3 is 2.09 bits per heavy atom. The van der Waals surface area contributed by atoms with Crippen LogP contribution in [-0.2, 0) is 10.0 Å². The van der Waals surface area contributed by atoms with Crippen LogP contribution in [0.1, 0.15) is 22.9 Å². The number of hydrogen-bond acceptors (Lipinski definition) is 4. The fourth-order valence-electron chi connectivity index (χ4n) is 3.29. The van der Waals surface area contributed by atoms with E-state index in [1.165, 1.54) is 42.6 Å². The van der Waals surface area contributed by atoms with Gasteiger partial charge >= 0.3 is 0 Å². The zero-order chi connectivity index (χ0) is 22.2. The minimum Gasteiger partial charge on any atom is -0.331 e. The van der Waals surface area contributed by atoms with Gasteiger partial charge in [-0.25, -0.2) is 26.9 Å². The van der Waals surface area contributed by atoms with Gasteiger partial charge in [0.25, 0.3) is 10.0 Å². The van der Waals surface area contributed by atoms with E-state index < -0.39 is 27.6 Å². The van der Waals surface area contributed by atoms with E-state index in [0.717, 1.165) is 13.1 Å². The Balaban J connectivity index is 0.00000289. The van der Waals surface area contributed by atoms with Crippen LogP contribution in [0.4, 0.5) is 8.78 Å². The Labute approximate surface area is 211 Å². The van der Waals surface area contributed by atoms with E-state index in [9.17, 15) is 17.2 Å². The number of rotatable bonds is 7. The molecule has 0 unspecified atom stereocenters. The molecular weight excluding hydrogens is 588 g/mol. The number of halogens is 4. The van der Waals surface area contributed by atoms with Gasteiger partial charge in [0.15, 0.2) is 5.03 Å². The SMILES string of the molecule is O=S(=O)(NCC1CNC1)c1cnc(C(c2ccc(F)c(Cl)c2)c2ccc(F)c(Cl)c2)[nH]1.[Sn]. The average Bonchev–Trinajstić information content (AvgIpc) is 3.17. The summed E-state index contributed by atoms with van der Waals surface area (Å²) in [5, 5.41) is 2.76. The third-order valence-corrected chi connectivity index (χ3v) is 7.03. The average molecular weight is 606 g/mol. The number of sulfonamides is 1. The molecule has 1 aliphatic rings. The molecule has 0 spiro atoms. The van der Waals surface area contributed by atoms with Crippen molar-refractivity contribution < 1.29 is 17.2 Å². The first-order valence-electron chi connectivity index (χ1n) is 9.40. The Morgan fingerprint density at radius 2 is 1.62 bits per heavy atom.